The first kappa shape index (κ1) is 8.99. The van der Waals surface area contributed by atoms with Crippen molar-refractivity contribution in [2.24, 2.45) is 0 Å². The van der Waals surface area contributed by atoms with Crippen molar-refractivity contribution in [3.05, 3.63) is 34.4 Å². The topological polar surface area (TPSA) is 50.2 Å². The van der Waals surface area contributed by atoms with E-state index in [1.165, 1.54) is 6.20 Å². The molecule has 0 fully saturated rings. The van der Waals surface area contributed by atoms with Gasteiger partial charge in [-0.3, -0.25) is 4.79 Å². The predicted molar refractivity (Wildman–Crippen MR) is 54.5 cm³/mol. The lowest BCUT2D eigenvalue weighted by Crippen LogP contribution is -2.11. The third-order valence-corrected chi connectivity index (χ3v) is 2.16. The van der Waals surface area contributed by atoms with Crippen LogP contribution in [0.5, 0.6) is 0 Å². The van der Waals surface area contributed by atoms with E-state index < -0.39 is 0 Å². The Kier molecular flexibility index (Phi) is 1.74. The highest BCUT2D eigenvalue weighted by atomic mass is 16.1. The summed E-state index contributed by atoms with van der Waals surface area (Å²) in [7, 11) is 0. The van der Waals surface area contributed by atoms with Crippen molar-refractivity contribution in [1.29, 1.82) is 0 Å². The van der Waals surface area contributed by atoms with E-state index in [0.717, 1.165) is 11.3 Å². The van der Waals surface area contributed by atoms with Crippen molar-refractivity contribution in [1.82, 2.24) is 14.6 Å². The van der Waals surface area contributed by atoms with Gasteiger partial charge in [0.25, 0.3) is 0 Å². The van der Waals surface area contributed by atoms with Crippen molar-refractivity contribution in [3.8, 4) is 0 Å². The molecule has 0 radical (unpaired) electrons. The largest absolute Gasteiger partial charge is 0.342 e. The Morgan fingerprint density at radius 2 is 2.14 bits per heavy atom. The van der Waals surface area contributed by atoms with E-state index in [-0.39, 0.29) is 10.8 Å². The minimum absolute atomic E-state index is 0.0384. The van der Waals surface area contributed by atoms with Crippen molar-refractivity contribution < 1.29 is 0 Å². The summed E-state index contributed by atoms with van der Waals surface area (Å²) in [6, 6.07) is 1.54. The molecule has 4 nitrogen and oxygen atoms in total. The van der Waals surface area contributed by atoms with Crippen LogP contribution < -0.4 is 5.43 Å². The smallest absolute Gasteiger partial charge is 0.202 e. The number of aromatic nitrogens is 3. The zero-order valence-electron chi connectivity index (χ0n) is 8.53. The first-order valence-electron chi connectivity index (χ1n) is 4.55. The maximum Gasteiger partial charge on any atom is 0.202 e. The molecule has 0 aromatic carbocycles. The second kappa shape index (κ2) is 2.70. The van der Waals surface area contributed by atoms with E-state index in [4.69, 9.17) is 0 Å². The van der Waals surface area contributed by atoms with E-state index in [2.05, 4.69) is 30.9 Å². The number of fused-ring (bicyclic) bond motifs is 1. The molecule has 0 saturated carbocycles. The van der Waals surface area contributed by atoms with Gasteiger partial charge in [0.1, 0.15) is 5.65 Å². The summed E-state index contributed by atoms with van der Waals surface area (Å²) >= 11 is 0. The number of rotatable bonds is 0. The Morgan fingerprint density at radius 3 is 2.79 bits per heavy atom. The normalized spacial score (nSPS) is 12.2. The van der Waals surface area contributed by atoms with Gasteiger partial charge in [0, 0.05) is 17.2 Å². The average Bonchev–Trinajstić information content (AvgIpc) is 2.45. The van der Waals surface area contributed by atoms with E-state index in [9.17, 15) is 4.79 Å². The molecular formula is C10H13N3O. The van der Waals surface area contributed by atoms with Gasteiger partial charge in [0.2, 0.25) is 5.43 Å². The Balaban J connectivity index is 2.69. The van der Waals surface area contributed by atoms with Gasteiger partial charge in [0.15, 0.2) is 0 Å². The number of hydrogen-bond acceptors (Lipinski definition) is 2. The SMILES string of the molecule is CC(C)(C)c1cn2ncc(=O)cc2[nH]1. The van der Waals surface area contributed by atoms with Crippen LogP contribution >= 0.6 is 0 Å². The fraction of sp³-hybridized carbons (Fsp3) is 0.400. The number of hydrogen-bond donors (Lipinski definition) is 1. The van der Waals surface area contributed by atoms with Crippen LogP contribution in [-0.2, 0) is 5.41 Å². The van der Waals surface area contributed by atoms with E-state index in [1.807, 2.05) is 6.20 Å². The summed E-state index contributed by atoms with van der Waals surface area (Å²) < 4.78 is 1.68. The van der Waals surface area contributed by atoms with Gasteiger partial charge < -0.3 is 4.98 Å². The number of imidazole rings is 1. The zero-order chi connectivity index (χ0) is 10.3. The average molecular weight is 191 g/mol. The molecule has 74 valence electrons. The van der Waals surface area contributed by atoms with Crippen LogP contribution in [0.25, 0.3) is 5.65 Å². The summed E-state index contributed by atoms with van der Waals surface area (Å²) in [5, 5.41) is 3.99. The van der Waals surface area contributed by atoms with Crippen molar-refractivity contribution in [3.63, 3.8) is 0 Å². The molecular weight excluding hydrogens is 178 g/mol. The van der Waals surface area contributed by atoms with Crippen molar-refractivity contribution in [2.45, 2.75) is 26.2 Å². The van der Waals surface area contributed by atoms with Crippen molar-refractivity contribution in [2.75, 3.05) is 0 Å². The molecule has 2 heterocycles. The van der Waals surface area contributed by atoms with Crippen LogP contribution in [0.3, 0.4) is 0 Å². The number of nitrogens with zero attached hydrogens (tertiary/aromatic N) is 2. The second-order valence-corrected chi connectivity index (χ2v) is 4.44. The number of nitrogens with one attached hydrogen (secondary N) is 1. The van der Waals surface area contributed by atoms with Gasteiger partial charge in [-0.2, -0.15) is 5.10 Å². The van der Waals surface area contributed by atoms with E-state index in [0.29, 0.717) is 0 Å². The zero-order valence-corrected chi connectivity index (χ0v) is 8.53. The van der Waals surface area contributed by atoms with Crippen LogP contribution in [-0.4, -0.2) is 14.6 Å². The van der Waals surface area contributed by atoms with Crippen LogP contribution in [0, 0.1) is 0 Å². The second-order valence-electron chi connectivity index (χ2n) is 4.44. The van der Waals surface area contributed by atoms with Crippen molar-refractivity contribution >= 4 is 5.65 Å². The van der Waals surface area contributed by atoms with Crippen LogP contribution in [0.2, 0.25) is 0 Å². The molecule has 0 aliphatic rings. The molecule has 2 rings (SSSR count). The molecule has 0 amide bonds. The summed E-state index contributed by atoms with van der Waals surface area (Å²) in [6.45, 7) is 6.32. The molecule has 0 spiro atoms. The Labute approximate surface area is 81.6 Å². The first-order valence-corrected chi connectivity index (χ1v) is 4.55. The highest BCUT2D eigenvalue weighted by Crippen LogP contribution is 2.20. The molecule has 1 N–H and O–H groups in total. The molecule has 2 aromatic rings. The quantitative estimate of drug-likeness (QED) is 0.682. The predicted octanol–water partition coefficient (Wildman–Crippen LogP) is 1.32. The summed E-state index contributed by atoms with van der Waals surface area (Å²) in [4.78, 5) is 14.2. The van der Waals surface area contributed by atoms with Gasteiger partial charge in [0.05, 0.1) is 12.4 Å². The van der Waals surface area contributed by atoms with Gasteiger partial charge in [-0.15, -0.1) is 0 Å². The molecule has 0 saturated heterocycles. The summed E-state index contributed by atoms with van der Waals surface area (Å²) in [5.41, 5.74) is 1.77. The lowest BCUT2D eigenvalue weighted by molar-refractivity contribution is 0.572. The fourth-order valence-corrected chi connectivity index (χ4v) is 1.29. The third-order valence-electron chi connectivity index (χ3n) is 2.16. The van der Waals surface area contributed by atoms with Crippen LogP contribution in [0.15, 0.2) is 23.3 Å². The minimum atomic E-state index is -0.0766. The van der Waals surface area contributed by atoms with Gasteiger partial charge in [-0.05, 0) is 0 Å². The van der Waals surface area contributed by atoms with E-state index >= 15 is 0 Å². The molecule has 0 aliphatic heterocycles. The fourth-order valence-electron chi connectivity index (χ4n) is 1.29. The third kappa shape index (κ3) is 1.43. The van der Waals surface area contributed by atoms with Crippen LogP contribution in [0.4, 0.5) is 0 Å². The number of H-pyrrole nitrogens is 1. The lowest BCUT2D eigenvalue weighted by atomic mass is 9.93. The van der Waals surface area contributed by atoms with Gasteiger partial charge >= 0.3 is 0 Å². The maximum absolute atomic E-state index is 11.0. The van der Waals surface area contributed by atoms with Crippen LogP contribution in [0.1, 0.15) is 26.5 Å². The molecule has 14 heavy (non-hydrogen) atoms. The van der Waals surface area contributed by atoms with Gasteiger partial charge in [-0.1, -0.05) is 20.8 Å². The summed E-state index contributed by atoms with van der Waals surface area (Å²) in [5.74, 6) is 0. The van der Waals surface area contributed by atoms with E-state index in [1.54, 1.807) is 10.6 Å². The highest BCUT2D eigenvalue weighted by Gasteiger charge is 2.16. The first-order chi connectivity index (χ1) is 6.47. The Morgan fingerprint density at radius 1 is 1.43 bits per heavy atom. The molecule has 2 aromatic heterocycles. The lowest BCUT2D eigenvalue weighted by Gasteiger charge is -2.14. The molecule has 0 bridgehead atoms. The standard InChI is InChI=1S/C10H13N3O/c1-10(2,3)8-6-13-9(12-8)4-7(14)5-11-13/h4-6,12H,1-3H3. The molecule has 4 heteroatoms. The molecule has 0 unspecified atom stereocenters. The monoisotopic (exact) mass is 191 g/mol. The molecule has 0 aliphatic carbocycles. The number of aromatic amines is 1. The Hall–Kier alpha value is -1.58. The Bertz CT molecular complexity index is 516. The van der Waals surface area contributed by atoms with Gasteiger partial charge in [-0.25, -0.2) is 4.52 Å². The maximum atomic E-state index is 11.0. The highest BCUT2D eigenvalue weighted by molar-refractivity contribution is 5.38. The molecule has 0 atom stereocenters. The summed E-state index contributed by atoms with van der Waals surface area (Å²) in [6.07, 6.45) is 3.22. The minimum Gasteiger partial charge on any atom is -0.342 e.